The molecule has 0 aliphatic carbocycles. The summed E-state index contributed by atoms with van der Waals surface area (Å²) in [5, 5.41) is 6.68. The summed E-state index contributed by atoms with van der Waals surface area (Å²) >= 11 is 0. The molecule has 40 heavy (non-hydrogen) atoms. The average Bonchev–Trinajstić information content (AvgIpc) is 3.04. The molecule has 7 aromatic carbocycles. The monoisotopic (exact) mass is 530 g/mol. The molecule has 1 nitrogen and oxygen atoms in total. The molecule has 0 saturated carbocycles. The van der Waals surface area contributed by atoms with Crippen molar-refractivity contribution < 1.29 is 4.57 Å². The molecular formula is C38H27OP. The van der Waals surface area contributed by atoms with Gasteiger partial charge in [0.2, 0.25) is 0 Å². The maximum atomic E-state index is 13.4. The van der Waals surface area contributed by atoms with Crippen LogP contribution in [-0.2, 0) is 4.57 Å². The van der Waals surface area contributed by atoms with Gasteiger partial charge in [-0.1, -0.05) is 146 Å². The summed E-state index contributed by atoms with van der Waals surface area (Å²) in [5.41, 5.74) is 7.08. The number of hydrogen-bond acceptors (Lipinski definition) is 1. The molecule has 0 aromatic heterocycles. The molecule has 0 amide bonds. The van der Waals surface area contributed by atoms with Crippen molar-refractivity contribution in [3.05, 3.63) is 158 Å². The number of fused-ring (bicyclic) bond motifs is 2. The Morgan fingerprint density at radius 2 is 0.775 bits per heavy atom. The van der Waals surface area contributed by atoms with E-state index in [4.69, 9.17) is 0 Å². The van der Waals surface area contributed by atoms with Crippen LogP contribution < -0.4 is 10.6 Å². The molecule has 0 spiro atoms. The lowest BCUT2D eigenvalue weighted by atomic mass is 9.85. The highest BCUT2D eigenvalue weighted by Gasteiger charge is 2.17. The summed E-state index contributed by atoms with van der Waals surface area (Å²) in [7, 11) is -2.09. The van der Waals surface area contributed by atoms with Crippen molar-refractivity contribution in [2.45, 2.75) is 0 Å². The lowest BCUT2D eigenvalue weighted by Gasteiger charge is -2.19. The summed E-state index contributed by atoms with van der Waals surface area (Å²) in [6, 6.07) is 54.8. The van der Waals surface area contributed by atoms with Gasteiger partial charge in [-0.05, 0) is 67.1 Å². The first-order valence-electron chi connectivity index (χ1n) is 13.6. The van der Waals surface area contributed by atoms with Crippen LogP contribution in [-0.4, -0.2) is 0 Å². The van der Waals surface area contributed by atoms with E-state index in [0.717, 1.165) is 21.7 Å². The minimum Gasteiger partial charge on any atom is -0.317 e. The van der Waals surface area contributed by atoms with Crippen LogP contribution in [0.15, 0.2) is 158 Å². The zero-order valence-corrected chi connectivity index (χ0v) is 22.9. The number of benzene rings is 7. The summed E-state index contributed by atoms with van der Waals surface area (Å²) in [5.74, 6) is 0. The second kappa shape index (κ2) is 10.5. The average molecular weight is 531 g/mol. The molecule has 7 aromatic rings. The molecule has 2 heteroatoms. The van der Waals surface area contributed by atoms with Gasteiger partial charge < -0.3 is 4.57 Å². The minimum atomic E-state index is -2.09. The van der Waals surface area contributed by atoms with Gasteiger partial charge in [-0.15, -0.1) is 0 Å². The summed E-state index contributed by atoms with van der Waals surface area (Å²) in [6.45, 7) is 0. The molecule has 0 fully saturated rings. The van der Waals surface area contributed by atoms with Crippen LogP contribution in [0.4, 0.5) is 0 Å². The first-order chi connectivity index (χ1) is 19.8. The third-order valence-corrected chi connectivity index (χ3v) is 9.34. The zero-order chi connectivity index (χ0) is 26.9. The molecule has 0 aliphatic rings. The lowest BCUT2D eigenvalue weighted by molar-refractivity contribution is 0.598. The number of rotatable bonds is 5. The molecule has 0 N–H and O–H groups in total. The van der Waals surface area contributed by atoms with Crippen molar-refractivity contribution in [1.82, 2.24) is 0 Å². The maximum absolute atomic E-state index is 13.4. The van der Waals surface area contributed by atoms with E-state index in [1.54, 1.807) is 0 Å². The van der Waals surface area contributed by atoms with E-state index in [9.17, 15) is 4.57 Å². The van der Waals surface area contributed by atoms with Gasteiger partial charge >= 0.3 is 0 Å². The smallest absolute Gasteiger partial charge is 0.131 e. The van der Waals surface area contributed by atoms with Crippen molar-refractivity contribution in [1.29, 1.82) is 0 Å². The van der Waals surface area contributed by atoms with Gasteiger partial charge in [0.05, 0.1) is 0 Å². The van der Waals surface area contributed by atoms with E-state index in [2.05, 4.69) is 115 Å². The van der Waals surface area contributed by atoms with Crippen LogP contribution in [0, 0.1) is 0 Å². The molecule has 1 atom stereocenters. The van der Waals surface area contributed by atoms with Gasteiger partial charge in [-0.3, -0.25) is 0 Å². The maximum Gasteiger partial charge on any atom is 0.131 e. The van der Waals surface area contributed by atoms with E-state index in [1.165, 1.54) is 43.8 Å². The van der Waals surface area contributed by atoms with Crippen molar-refractivity contribution in [2.75, 3.05) is 0 Å². The number of hydrogen-bond donors (Lipinski definition) is 0. The van der Waals surface area contributed by atoms with Crippen molar-refractivity contribution in [2.24, 2.45) is 0 Å². The highest BCUT2D eigenvalue weighted by Crippen LogP contribution is 2.44. The summed E-state index contributed by atoms with van der Waals surface area (Å²) in [4.78, 5) is 0. The SMILES string of the molecule is O=[PH](c1ccccc1)c1cccc(-c2ccc3c(-c4ccccc4)c4ccccc4c(-c4ccccc4)c3c2)c1. The van der Waals surface area contributed by atoms with Crippen molar-refractivity contribution in [3.63, 3.8) is 0 Å². The Balaban J connectivity index is 1.50. The van der Waals surface area contributed by atoms with E-state index in [1.807, 2.05) is 42.5 Å². The van der Waals surface area contributed by atoms with Gasteiger partial charge in [-0.2, -0.15) is 0 Å². The fraction of sp³-hybridized carbons (Fsp3) is 0. The molecule has 0 heterocycles. The molecule has 1 unspecified atom stereocenters. The van der Waals surface area contributed by atoms with Crippen LogP contribution in [0.1, 0.15) is 0 Å². The van der Waals surface area contributed by atoms with E-state index in [-0.39, 0.29) is 0 Å². The largest absolute Gasteiger partial charge is 0.317 e. The third-order valence-electron chi connectivity index (χ3n) is 7.64. The van der Waals surface area contributed by atoms with Gasteiger partial charge in [0, 0.05) is 10.6 Å². The van der Waals surface area contributed by atoms with E-state index < -0.39 is 7.80 Å². The van der Waals surface area contributed by atoms with Crippen LogP contribution >= 0.6 is 7.80 Å². The predicted octanol–water partition coefficient (Wildman–Crippen LogP) is 9.50. The van der Waals surface area contributed by atoms with Gasteiger partial charge in [0.25, 0.3) is 0 Å². The molecule has 7 rings (SSSR count). The van der Waals surface area contributed by atoms with Crippen molar-refractivity contribution in [3.8, 4) is 33.4 Å². The molecule has 0 saturated heterocycles. The second-order valence-corrected chi connectivity index (χ2v) is 11.9. The Kier molecular flexibility index (Phi) is 6.36. The topological polar surface area (TPSA) is 17.1 Å². The summed E-state index contributed by atoms with van der Waals surface area (Å²) < 4.78 is 13.4. The standard InChI is InChI=1S/C38H27OP/c39-40(31-18-8-3-9-19-31)32-20-12-17-29(25-32)30-23-24-35-36(26-30)38(28-15-6-2-7-16-28)34-22-11-10-21-33(34)37(35)27-13-4-1-5-14-27/h1-26,40H. The van der Waals surface area contributed by atoms with Crippen molar-refractivity contribution >= 4 is 40.0 Å². The first kappa shape index (κ1) is 24.3. The summed E-state index contributed by atoms with van der Waals surface area (Å²) in [6.07, 6.45) is 0. The Hall–Kier alpha value is -4.71. The second-order valence-electron chi connectivity index (χ2n) is 10.1. The van der Waals surface area contributed by atoms with Crippen LogP contribution in [0.2, 0.25) is 0 Å². The molecule has 0 radical (unpaired) electrons. The van der Waals surface area contributed by atoms with Gasteiger partial charge in [0.15, 0.2) is 0 Å². The predicted molar refractivity (Wildman–Crippen MR) is 172 cm³/mol. The molecule has 0 aliphatic heterocycles. The zero-order valence-electron chi connectivity index (χ0n) is 21.9. The fourth-order valence-electron chi connectivity index (χ4n) is 5.79. The van der Waals surface area contributed by atoms with Gasteiger partial charge in [0.1, 0.15) is 7.80 Å². The third kappa shape index (κ3) is 4.35. The lowest BCUT2D eigenvalue weighted by Crippen LogP contribution is -2.06. The Labute approximate surface area is 235 Å². The quantitative estimate of drug-likeness (QED) is 0.160. The molecule has 0 bridgehead atoms. The van der Waals surface area contributed by atoms with Crippen LogP contribution in [0.3, 0.4) is 0 Å². The Morgan fingerprint density at radius 3 is 1.40 bits per heavy atom. The van der Waals surface area contributed by atoms with Gasteiger partial charge in [-0.25, -0.2) is 0 Å². The Bertz CT molecular complexity index is 2000. The van der Waals surface area contributed by atoms with E-state index >= 15 is 0 Å². The fourth-order valence-corrected chi connectivity index (χ4v) is 7.15. The first-order valence-corrected chi connectivity index (χ1v) is 15.0. The minimum absolute atomic E-state index is 0.876. The Morgan fingerprint density at radius 1 is 0.325 bits per heavy atom. The van der Waals surface area contributed by atoms with Crippen LogP contribution in [0.25, 0.3) is 54.9 Å². The van der Waals surface area contributed by atoms with E-state index in [0.29, 0.717) is 0 Å². The molecule has 190 valence electrons. The highest BCUT2D eigenvalue weighted by molar-refractivity contribution is 7.61. The normalized spacial score (nSPS) is 12.0. The molecular weight excluding hydrogens is 503 g/mol. The van der Waals surface area contributed by atoms with Crippen LogP contribution in [0.5, 0.6) is 0 Å². The highest BCUT2D eigenvalue weighted by atomic mass is 31.1.